The predicted molar refractivity (Wildman–Crippen MR) is 85.6 cm³/mol. The lowest BCUT2D eigenvalue weighted by atomic mass is 10.1. The SMILES string of the molecule is CCNC(=O)CCNS(=O)(=O)c1cc(C(N)=S)ccc1C. The number of benzene rings is 1. The number of aryl methyl sites for hydroxylation is 1. The maximum Gasteiger partial charge on any atom is 0.240 e. The van der Waals surface area contributed by atoms with Gasteiger partial charge < -0.3 is 11.1 Å². The minimum Gasteiger partial charge on any atom is -0.389 e. The molecule has 1 amide bonds. The smallest absolute Gasteiger partial charge is 0.240 e. The molecule has 1 rings (SSSR count). The molecule has 0 spiro atoms. The molecule has 6 nitrogen and oxygen atoms in total. The van der Waals surface area contributed by atoms with E-state index in [0.29, 0.717) is 17.7 Å². The summed E-state index contributed by atoms with van der Waals surface area (Å²) < 4.78 is 26.9. The van der Waals surface area contributed by atoms with E-state index in [4.69, 9.17) is 18.0 Å². The Kier molecular flexibility index (Phi) is 6.25. The molecule has 0 aliphatic carbocycles. The van der Waals surface area contributed by atoms with E-state index in [1.807, 2.05) is 0 Å². The van der Waals surface area contributed by atoms with Gasteiger partial charge in [0, 0.05) is 25.1 Å². The van der Waals surface area contributed by atoms with Crippen molar-refractivity contribution in [2.45, 2.75) is 25.2 Å². The minimum absolute atomic E-state index is 0.0326. The molecule has 0 aromatic heterocycles. The van der Waals surface area contributed by atoms with Gasteiger partial charge in [-0.05, 0) is 25.5 Å². The van der Waals surface area contributed by atoms with Crippen molar-refractivity contribution < 1.29 is 13.2 Å². The first kappa shape index (κ1) is 17.5. The Hall–Kier alpha value is -1.51. The van der Waals surface area contributed by atoms with Crippen LogP contribution in [0.1, 0.15) is 24.5 Å². The summed E-state index contributed by atoms with van der Waals surface area (Å²) in [5.74, 6) is -0.200. The second kappa shape index (κ2) is 7.48. The lowest BCUT2D eigenvalue weighted by Crippen LogP contribution is -2.31. The molecule has 1 aromatic carbocycles. The number of carbonyl (C=O) groups excluding carboxylic acids is 1. The summed E-state index contributed by atoms with van der Waals surface area (Å²) in [5, 5.41) is 2.60. The second-order valence-electron chi connectivity index (χ2n) is 4.45. The molecule has 0 saturated carbocycles. The predicted octanol–water partition coefficient (Wildman–Crippen LogP) is 0.434. The van der Waals surface area contributed by atoms with Crippen LogP contribution < -0.4 is 15.8 Å². The van der Waals surface area contributed by atoms with Gasteiger partial charge in [-0.2, -0.15) is 0 Å². The van der Waals surface area contributed by atoms with Crippen LogP contribution >= 0.6 is 12.2 Å². The molecule has 1 aromatic rings. The first-order valence-corrected chi connectivity index (χ1v) is 8.34. The lowest BCUT2D eigenvalue weighted by Gasteiger charge is -2.10. The average molecular weight is 329 g/mol. The molecular formula is C13H19N3O3S2. The summed E-state index contributed by atoms with van der Waals surface area (Å²) in [5.41, 5.74) is 6.58. The topological polar surface area (TPSA) is 101 Å². The number of nitrogens with one attached hydrogen (secondary N) is 2. The number of carbonyl (C=O) groups is 1. The van der Waals surface area contributed by atoms with E-state index in [1.165, 1.54) is 6.07 Å². The van der Waals surface area contributed by atoms with E-state index < -0.39 is 10.0 Å². The fourth-order valence-corrected chi connectivity index (χ4v) is 3.13. The number of rotatable bonds is 7. The Labute approximate surface area is 130 Å². The summed E-state index contributed by atoms with van der Waals surface area (Å²) in [6.45, 7) is 4.03. The highest BCUT2D eigenvalue weighted by atomic mass is 32.2. The Balaban J connectivity index is 2.85. The van der Waals surface area contributed by atoms with Crippen molar-refractivity contribution in [1.82, 2.24) is 10.0 Å². The maximum atomic E-state index is 12.2. The van der Waals surface area contributed by atoms with Crippen LogP contribution in [-0.2, 0) is 14.8 Å². The summed E-state index contributed by atoms with van der Waals surface area (Å²) in [7, 11) is -3.70. The summed E-state index contributed by atoms with van der Waals surface area (Å²) >= 11 is 4.85. The van der Waals surface area contributed by atoms with E-state index in [9.17, 15) is 13.2 Å². The molecule has 0 bridgehead atoms. The Bertz CT molecular complexity index is 642. The molecule has 8 heteroatoms. The van der Waals surface area contributed by atoms with Crippen molar-refractivity contribution in [2.24, 2.45) is 5.73 Å². The summed E-state index contributed by atoms with van der Waals surface area (Å²) in [4.78, 5) is 11.5. The summed E-state index contributed by atoms with van der Waals surface area (Å²) in [6.07, 6.45) is 0.0844. The Morgan fingerprint density at radius 2 is 2.05 bits per heavy atom. The fraction of sp³-hybridized carbons (Fsp3) is 0.385. The molecule has 0 aliphatic heterocycles. The summed E-state index contributed by atoms with van der Waals surface area (Å²) in [6, 6.07) is 4.75. The molecule has 116 valence electrons. The van der Waals surface area contributed by atoms with Crippen molar-refractivity contribution in [3.05, 3.63) is 29.3 Å². The van der Waals surface area contributed by atoms with Crippen molar-refractivity contribution in [3.8, 4) is 0 Å². The first-order valence-electron chi connectivity index (χ1n) is 6.44. The Morgan fingerprint density at radius 1 is 1.38 bits per heavy atom. The minimum atomic E-state index is -3.70. The highest BCUT2D eigenvalue weighted by Crippen LogP contribution is 2.17. The van der Waals surface area contributed by atoms with Crippen molar-refractivity contribution >= 4 is 33.1 Å². The van der Waals surface area contributed by atoms with Gasteiger partial charge in [-0.1, -0.05) is 24.4 Å². The van der Waals surface area contributed by atoms with Crippen LogP contribution in [-0.4, -0.2) is 32.4 Å². The van der Waals surface area contributed by atoms with E-state index in [1.54, 1.807) is 26.0 Å². The molecule has 0 radical (unpaired) electrons. The van der Waals surface area contributed by atoms with Crippen LogP contribution in [0.5, 0.6) is 0 Å². The van der Waals surface area contributed by atoms with Crippen LogP contribution in [0.3, 0.4) is 0 Å². The Morgan fingerprint density at radius 3 is 2.62 bits per heavy atom. The van der Waals surface area contributed by atoms with Gasteiger partial charge in [0.1, 0.15) is 4.99 Å². The van der Waals surface area contributed by atoms with E-state index >= 15 is 0 Å². The molecule has 0 aliphatic rings. The molecule has 0 saturated heterocycles. The van der Waals surface area contributed by atoms with Gasteiger partial charge in [0.15, 0.2) is 0 Å². The third-order valence-corrected chi connectivity index (χ3v) is 4.62. The van der Waals surface area contributed by atoms with Gasteiger partial charge in [-0.15, -0.1) is 0 Å². The van der Waals surface area contributed by atoms with Crippen LogP contribution in [0.4, 0.5) is 0 Å². The molecule has 0 fully saturated rings. The zero-order chi connectivity index (χ0) is 16.0. The molecule has 0 atom stereocenters. The van der Waals surface area contributed by atoms with Crippen LogP contribution in [0.15, 0.2) is 23.1 Å². The quantitative estimate of drug-likeness (QED) is 0.630. The van der Waals surface area contributed by atoms with Crippen LogP contribution in [0.25, 0.3) is 0 Å². The number of thiocarbonyl (C=S) groups is 1. The van der Waals surface area contributed by atoms with Gasteiger partial charge >= 0.3 is 0 Å². The van der Waals surface area contributed by atoms with Crippen molar-refractivity contribution in [2.75, 3.05) is 13.1 Å². The number of sulfonamides is 1. The zero-order valence-electron chi connectivity index (χ0n) is 12.0. The van der Waals surface area contributed by atoms with Gasteiger partial charge in [0.2, 0.25) is 15.9 Å². The fourth-order valence-electron chi connectivity index (χ4n) is 1.71. The molecule has 0 unspecified atom stereocenters. The van der Waals surface area contributed by atoms with Gasteiger partial charge in [-0.25, -0.2) is 13.1 Å². The monoisotopic (exact) mass is 329 g/mol. The first-order chi connectivity index (χ1) is 9.77. The largest absolute Gasteiger partial charge is 0.389 e. The second-order valence-corrected chi connectivity index (χ2v) is 6.62. The normalized spacial score (nSPS) is 11.1. The zero-order valence-corrected chi connectivity index (χ0v) is 13.6. The molecule has 0 heterocycles. The third kappa shape index (κ3) is 5.07. The van der Waals surface area contributed by atoms with Gasteiger partial charge in [0.25, 0.3) is 0 Å². The highest BCUT2D eigenvalue weighted by Gasteiger charge is 2.17. The highest BCUT2D eigenvalue weighted by molar-refractivity contribution is 7.89. The molecular weight excluding hydrogens is 310 g/mol. The number of nitrogens with two attached hydrogens (primary N) is 1. The molecule has 4 N–H and O–H groups in total. The van der Waals surface area contributed by atoms with E-state index in [2.05, 4.69) is 10.0 Å². The number of amides is 1. The number of hydrogen-bond donors (Lipinski definition) is 3. The number of hydrogen-bond acceptors (Lipinski definition) is 4. The molecule has 21 heavy (non-hydrogen) atoms. The van der Waals surface area contributed by atoms with E-state index in [0.717, 1.165) is 0 Å². The van der Waals surface area contributed by atoms with Crippen molar-refractivity contribution in [1.29, 1.82) is 0 Å². The van der Waals surface area contributed by atoms with Gasteiger partial charge in [0.05, 0.1) is 4.90 Å². The maximum absolute atomic E-state index is 12.2. The lowest BCUT2D eigenvalue weighted by molar-refractivity contribution is -0.120. The third-order valence-electron chi connectivity index (χ3n) is 2.78. The average Bonchev–Trinajstić information content (AvgIpc) is 2.38. The van der Waals surface area contributed by atoms with Crippen LogP contribution in [0, 0.1) is 6.92 Å². The van der Waals surface area contributed by atoms with Crippen LogP contribution in [0.2, 0.25) is 0 Å². The van der Waals surface area contributed by atoms with Crippen molar-refractivity contribution in [3.63, 3.8) is 0 Å². The van der Waals surface area contributed by atoms with Gasteiger partial charge in [-0.3, -0.25) is 4.79 Å². The standard InChI is InChI=1S/C13H19N3O3S2/c1-3-15-12(17)6-7-16-21(18,19)11-8-10(13(14)20)5-4-9(11)2/h4-5,8,16H,3,6-7H2,1-2H3,(H2,14,20)(H,15,17). The van der Waals surface area contributed by atoms with E-state index in [-0.39, 0.29) is 28.8 Å².